The standard InChI is InChI=1S/C15H15IN2O2/c1-10-5-3-4-6-13(10)20-9-14(19)18-15-11(2)7-12(16)8-17-15/h3-8H,9H2,1-2H3,(H,17,18,19). The van der Waals surface area contributed by atoms with Crippen LogP contribution in [0.15, 0.2) is 36.5 Å². The average molecular weight is 382 g/mol. The molecule has 2 aromatic rings. The van der Waals surface area contributed by atoms with Crippen molar-refractivity contribution in [2.75, 3.05) is 11.9 Å². The fraction of sp³-hybridized carbons (Fsp3) is 0.200. The SMILES string of the molecule is Cc1ccccc1OCC(=O)Nc1ncc(I)cc1C. The summed E-state index contributed by atoms with van der Waals surface area (Å²) in [7, 11) is 0. The van der Waals surface area contributed by atoms with Gasteiger partial charge in [0.25, 0.3) is 5.91 Å². The summed E-state index contributed by atoms with van der Waals surface area (Å²) in [6.45, 7) is 3.82. The van der Waals surface area contributed by atoms with Crippen LogP contribution in [0.3, 0.4) is 0 Å². The number of hydrogen-bond acceptors (Lipinski definition) is 3. The molecule has 0 aliphatic carbocycles. The van der Waals surface area contributed by atoms with Gasteiger partial charge in [-0.15, -0.1) is 0 Å². The van der Waals surface area contributed by atoms with Crippen molar-refractivity contribution in [3.63, 3.8) is 0 Å². The van der Waals surface area contributed by atoms with Gasteiger partial charge in [0.05, 0.1) is 0 Å². The Morgan fingerprint density at radius 3 is 2.75 bits per heavy atom. The molecule has 0 radical (unpaired) electrons. The lowest BCUT2D eigenvalue weighted by atomic mass is 10.2. The number of carbonyl (C=O) groups excluding carboxylic acids is 1. The van der Waals surface area contributed by atoms with Gasteiger partial charge in [-0.25, -0.2) is 4.98 Å². The normalized spacial score (nSPS) is 10.2. The van der Waals surface area contributed by atoms with Crippen molar-refractivity contribution in [3.8, 4) is 5.75 Å². The molecule has 5 heteroatoms. The van der Waals surface area contributed by atoms with E-state index in [0.717, 1.165) is 20.4 Å². The van der Waals surface area contributed by atoms with E-state index in [0.29, 0.717) is 5.82 Å². The molecule has 1 aromatic carbocycles. The molecule has 1 aromatic heterocycles. The number of nitrogens with one attached hydrogen (secondary N) is 1. The Labute approximate surface area is 131 Å². The first kappa shape index (κ1) is 14.8. The minimum absolute atomic E-state index is 0.0298. The number of aryl methyl sites for hydroxylation is 2. The number of aromatic nitrogens is 1. The zero-order valence-corrected chi connectivity index (χ0v) is 13.5. The molecule has 2 rings (SSSR count). The molecule has 0 aliphatic rings. The predicted octanol–water partition coefficient (Wildman–Crippen LogP) is 3.32. The van der Waals surface area contributed by atoms with E-state index in [-0.39, 0.29) is 12.5 Å². The third kappa shape index (κ3) is 3.93. The highest BCUT2D eigenvalue weighted by Gasteiger charge is 2.08. The molecule has 0 atom stereocenters. The van der Waals surface area contributed by atoms with Gasteiger partial charge in [0.2, 0.25) is 0 Å². The second-order valence-corrected chi connectivity index (χ2v) is 5.67. The molecule has 0 saturated heterocycles. The zero-order chi connectivity index (χ0) is 14.5. The van der Waals surface area contributed by atoms with E-state index in [1.54, 1.807) is 6.20 Å². The number of rotatable bonds is 4. The lowest BCUT2D eigenvalue weighted by molar-refractivity contribution is -0.118. The third-order valence-corrected chi connectivity index (χ3v) is 3.35. The first-order valence-corrected chi connectivity index (χ1v) is 7.24. The molecular formula is C15H15IN2O2. The van der Waals surface area contributed by atoms with Crippen molar-refractivity contribution in [2.24, 2.45) is 0 Å². The second kappa shape index (κ2) is 6.69. The summed E-state index contributed by atoms with van der Waals surface area (Å²) in [5.74, 6) is 1.07. The topological polar surface area (TPSA) is 51.2 Å². The van der Waals surface area contributed by atoms with E-state index >= 15 is 0 Å². The van der Waals surface area contributed by atoms with Crippen molar-refractivity contribution in [3.05, 3.63) is 51.2 Å². The fourth-order valence-electron chi connectivity index (χ4n) is 1.70. The summed E-state index contributed by atoms with van der Waals surface area (Å²) in [6, 6.07) is 9.56. The Bertz CT molecular complexity index is 629. The molecule has 0 aliphatic heterocycles. The highest BCUT2D eigenvalue weighted by molar-refractivity contribution is 14.1. The lowest BCUT2D eigenvalue weighted by Gasteiger charge is -2.10. The van der Waals surface area contributed by atoms with Gasteiger partial charge in [0.1, 0.15) is 11.6 Å². The summed E-state index contributed by atoms with van der Waals surface area (Å²) in [6.07, 6.45) is 1.71. The number of ether oxygens (including phenoxy) is 1. The van der Waals surface area contributed by atoms with Crippen molar-refractivity contribution in [2.45, 2.75) is 13.8 Å². The Morgan fingerprint density at radius 1 is 1.30 bits per heavy atom. The third-order valence-electron chi connectivity index (χ3n) is 2.76. The van der Waals surface area contributed by atoms with E-state index < -0.39 is 0 Å². The number of hydrogen-bond donors (Lipinski definition) is 1. The van der Waals surface area contributed by atoms with Crippen molar-refractivity contribution < 1.29 is 9.53 Å². The predicted molar refractivity (Wildman–Crippen MR) is 87.0 cm³/mol. The summed E-state index contributed by atoms with van der Waals surface area (Å²) in [5, 5.41) is 2.75. The lowest BCUT2D eigenvalue weighted by Crippen LogP contribution is -2.21. The zero-order valence-electron chi connectivity index (χ0n) is 11.3. The summed E-state index contributed by atoms with van der Waals surface area (Å²) >= 11 is 2.18. The van der Waals surface area contributed by atoms with Crippen molar-refractivity contribution in [1.82, 2.24) is 4.98 Å². The molecule has 0 unspecified atom stereocenters. The van der Waals surface area contributed by atoms with Crippen molar-refractivity contribution >= 4 is 34.3 Å². The van der Waals surface area contributed by atoms with Crippen LogP contribution in [0.4, 0.5) is 5.82 Å². The molecule has 1 amide bonds. The number of benzene rings is 1. The molecule has 0 spiro atoms. The Balaban J connectivity index is 1.94. The van der Waals surface area contributed by atoms with E-state index in [2.05, 4.69) is 32.9 Å². The van der Waals surface area contributed by atoms with Crippen LogP contribution in [-0.2, 0) is 4.79 Å². The number of carbonyl (C=O) groups is 1. The first-order chi connectivity index (χ1) is 9.56. The molecule has 104 valence electrons. The van der Waals surface area contributed by atoms with Gasteiger partial charge in [0, 0.05) is 9.77 Å². The minimum Gasteiger partial charge on any atom is -0.483 e. The fourth-order valence-corrected chi connectivity index (χ4v) is 2.31. The number of para-hydroxylation sites is 1. The molecule has 1 heterocycles. The number of halogens is 1. The van der Waals surface area contributed by atoms with Gasteiger partial charge in [0.15, 0.2) is 6.61 Å². The van der Waals surface area contributed by atoms with Gasteiger partial charge in [-0.3, -0.25) is 4.79 Å². The quantitative estimate of drug-likeness (QED) is 0.826. The molecular weight excluding hydrogens is 367 g/mol. The largest absolute Gasteiger partial charge is 0.483 e. The molecule has 0 fully saturated rings. The molecule has 20 heavy (non-hydrogen) atoms. The maximum absolute atomic E-state index is 11.9. The van der Waals surface area contributed by atoms with Gasteiger partial charge in [-0.2, -0.15) is 0 Å². The number of amides is 1. The number of anilines is 1. The monoisotopic (exact) mass is 382 g/mol. The van der Waals surface area contributed by atoms with Crippen LogP contribution in [-0.4, -0.2) is 17.5 Å². The highest BCUT2D eigenvalue weighted by atomic mass is 127. The molecule has 1 N–H and O–H groups in total. The summed E-state index contributed by atoms with van der Waals surface area (Å²) < 4.78 is 6.53. The van der Waals surface area contributed by atoms with Gasteiger partial charge >= 0.3 is 0 Å². The minimum atomic E-state index is -0.218. The van der Waals surface area contributed by atoms with Crippen LogP contribution in [0.5, 0.6) is 5.75 Å². The summed E-state index contributed by atoms with van der Waals surface area (Å²) in [4.78, 5) is 16.1. The smallest absolute Gasteiger partial charge is 0.263 e. The van der Waals surface area contributed by atoms with Crippen LogP contribution in [0.2, 0.25) is 0 Å². The van der Waals surface area contributed by atoms with Crippen LogP contribution in [0, 0.1) is 17.4 Å². The van der Waals surface area contributed by atoms with E-state index in [4.69, 9.17) is 4.74 Å². The summed E-state index contributed by atoms with van der Waals surface area (Å²) in [5.41, 5.74) is 1.94. The van der Waals surface area contributed by atoms with E-state index in [1.807, 2.05) is 44.2 Å². The molecule has 0 bridgehead atoms. The first-order valence-electron chi connectivity index (χ1n) is 6.16. The van der Waals surface area contributed by atoms with Crippen LogP contribution in [0.25, 0.3) is 0 Å². The van der Waals surface area contributed by atoms with Crippen LogP contribution in [0.1, 0.15) is 11.1 Å². The van der Waals surface area contributed by atoms with Gasteiger partial charge in [-0.1, -0.05) is 18.2 Å². The highest BCUT2D eigenvalue weighted by Crippen LogP contribution is 2.17. The van der Waals surface area contributed by atoms with Crippen LogP contribution >= 0.6 is 22.6 Å². The Hall–Kier alpha value is -1.63. The van der Waals surface area contributed by atoms with E-state index in [9.17, 15) is 4.79 Å². The van der Waals surface area contributed by atoms with Crippen LogP contribution < -0.4 is 10.1 Å². The maximum Gasteiger partial charge on any atom is 0.263 e. The molecule has 4 nitrogen and oxygen atoms in total. The van der Waals surface area contributed by atoms with E-state index in [1.165, 1.54) is 0 Å². The van der Waals surface area contributed by atoms with Crippen molar-refractivity contribution in [1.29, 1.82) is 0 Å². The number of pyridine rings is 1. The molecule has 0 saturated carbocycles. The van der Waals surface area contributed by atoms with Gasteiger partial charge in [-0.05, 0) is 59.7 Å². The number of nitrogens with zero attached hydrogens (tertiary/aromatic N) is 1. The maximum atomic E-state index is 11.9. The Morgan fingerprint density at radius 2 is 2.05 bits per heavy atom. The van der Waals surface area contributed by atoms with Gasteiger partial charge < -0.3 is 10.1 Å². The average Bonchev–Trinajstić information content (AvgIpc) is 2.41. The second-order valence-electron chi connectivity index (χ2n) is 4.42. The Kier molecular flexibility index (Phi) is 4.94.